The molecule has 0 aromatic heterocycles. The normalized spacial score (nSPS) is 28.6. The van der Waals surface area contributed by atoms with E-state index in [1.54, 1.807) is 6.07 Å². The molecule has 4 atom stereocenters. The van der Waals surface area contributed by atoms with Gasteiger partial charge in [-0.05, 0) is 37.4 Å². The number of amides is 1. The Morgan fingerprint density at radius 3 is 2.74 bits per heavy atom. The molecule has 2 aliphatic rings. The summed E-state index contributed by atoms with van der Waals surface area (Å²) in [5.41, 5.74) is 5.71. The molecule has 0 radical (unpaired) electrons. The minimum absolute atomic E-state index is 0.0422. The summed E-state index contributed by atoms with van der Waals surface area (Å²) in [5.74, 6) is -0.844. The molecule has 3 rings (SSSR count). The smallest absolute Gasteiger partial charge is 0.252 e. The van der Waals surface area contributed by atoms with Gasteiger partial charge in [-0.1, -0.05) is 26.3 Å². The van der Waals surface area contributed by atoms with Gasteiger partial charge in [0.15, 0.2) is 0 Å². The first-order valence-corrected chi connectivity index (χ1v) is 9.77. The minimum atomic E-state index is -1.11. The fourth-order valence-corrected chi connectivity index (χ4v) is 4.86. The van der Waals surface area contributed by atoms with E-state index in [1.165, 1.54) is 6.07 Å². The van der Waals surface area contributed by atoms with Crippen LogP contribution in [0.15, 0.2) is 12.1 Å². The highest BCUT2D eigenvalue weighted by Crippen LogP contribution is 2.51. The molecule has 27 heavy (non-hydrogen) atoms. The van der Waals surface area contributed by atoms with E-state index < -0.39 is 17.4 Å². The van der Waals surface area contributed by atoms with Gasteiger partial charge in [0.2, 0.25) is 0 Å². The number of primary amides is 1. The Hall–Kier alpha value is -1.92. The van der Waals surface area contributed by atoms with E-state index in [0.29, 0.717) is 30.7 Å². The lowest BCUT2D eigenvalue weighted by Crippen LogP contribution is -2.60. The van der Waals surface area contributed by atoms with Crippen LogP contribution in [0.2, 0.25) is 0 Å². The number of nitrogens with two attached hydrogens (primary N) is 1. The molecule has 2 aliphatic carbocycles. The van der Waals surface area contributed by atoms with Gasteiger partial charge in [-0.25, -0.2) is 0 Å². The van der Waals surface area contributed by atoms with Crippen LogP contribution in [0.25, 0.3) is 0 Å². The van der Waals surface area contributed by atoms with Gasteiger partial charge in [0.05, 0.1) is 11.2 Å². The molecule has 0 saturated heterocycles. The number of carbonyl (C=O) groups excluding carboxylic acids is 2. The molecule has 1 amide bonds. The molecule has 2 unspecified atom stereocenters. The summed E-state index contributed by atoms with van der Waals surface area (Å²) in [5, 5.41) is 22.4. The summed E-state index contributed by atoms with van der Waals surface area (Å²) in [6.45, 7) is 5.18. The number of hydrogen-bond donors (Lipinski definition) is 3. The Bertz CT molecular complexity index is 763. The lowest BCUT2D eigenvalue weighted by Gasteiger charge is -2.52. The molecule has 1 saturated carbocycles. The lowest BCUT2D eigenvalue weighted by molar-refractivity contribution is -0.135. The summed E-state index contributed by atoms with van der Waals surface area (Å²) >= 11 is 0. The number of phenols is 1. The summed E-state index contributed by atoms with van der Waals surface area (Å²) < 4.78 is 0. The van der Waals surface area contributed by atoms with Gasteiger partial charge in [-0.15, -0.1) is 0 Å². The van der Waals surface area contributed by atoms with Gasteiger partial charge in [0.25, 0.3) is 5.91 Å². The van der Waals surface area contributed by atoms with Crippen molar-refractivity contribution in [1.29, 1.82) is 0 Å². The van der Waals surface area contributed by atoms with Crippen molar-refractivity contribution in [1.82, 2.24) is 4.90 Å². The number of aliphatic hydroxyl groups is 1. The van der Waals surface area contributed by atoms with E-state index in [1.807, 2.05) is 7.05 Å². The number of likely N-dealkylation sites (N-methyl/N-ethyl adjacent to an activating group) is 1. The fourth-order valence-electron chi connectivity index (χ4n) is 4.86. The van der Waals surface area contributed by atoms with Gasteiger partial charge in [0, 0.05) is 36.9 Å². The third-order valence-corrected chi connectivity index (χ3v) is 6.58. The molecular weight excluding hydrogens is 344 g/mol. The van der Waals surface area contributed by atoms with Crippen LogP contribution >= 0.6 is 0 Å². The highest BCUT2D eigenvalue weighted by Gasteiger charge is 2.53. The Morgan fingerprint density at radius 1 is 1.41 bits per heavy atom. The molecular formula is C21H30N2O4. The van der Waals surface area contributed by atoms with Crippen molar-refractivity contribution >= 4 is 11.7 Å². The van der Waals surface area contributed by atoms with Crippen molar-refractivity contribution in [2.24, 2.45) is 11.7 Å². The molecule has 1 aromatic carbocycles. The molecule has 0 spiro atoms. The van der Waals surface area contributed by atoms with Crippen LogP contribution in [0.1, 0.15) is 66.9 Å². The number of nitrogens with zero attached hydrogens (tertiary/aromatic N) is 1. The second-order valence-corrected chi connectivity index (χ2v) is 8.36. The van der Waals surface area contributed by atoms with Gasteiger partial charge in [-0.2, -0.15) is 0 Å². The molecule has 4 N–H and O–H groups in total. The first kappa shape index (κ1) is 19.8. The van der Waals surface area contributed by atoms with E-state index in [-0.39, 0.29) is 29.6 Å². The van der Waals surface area contributed by atoms with Crippen molar-refractivity contribution in [2.45, 2.75) is 63.5 Å². The molecule has 0 heterocycles. The van der Waals surface area contributed by atoms with E-state index in [0.717, 1.165) is 18.5 Å². The SMILES string of the molecule is CCC(C)CN(C)[C@@H]1Cc2ccc(C(N)=O)c(O)c2C2CC(=O)CC[C@]21O. The number of aromatic hydroxyl groups is 1. The third kappa shape index (κ3) is 3.36. The number of hydrogen-bond acceptors (Lipinski definition) is 5. The lowest BCUT2D eigenvalue weighted by atomic mass is 9.61. The van der Waals surface area contributed by atoms with Crippen molar-refractivity contribution in [3.63, 3.8) is 0 Å². The summed E-state index contributed by atoms with van der Waals surface area (Å²) in [7, 11) is 2.02. The minimum Gasteiger partial charge on any atom is -0.507 e. The average molecular weight is 374 g/mol. The largest absolute Gasteiger partial charge is 0.507 e. The monoisotopic (exact) mass is 374 g/mol. The fraction of sp³-hybridized carbons (Fsp3) is 0.619. The second-order valence-electron chi connectivity index (χ2n) is 8.36. The summed E-state index contributed by atoms with van der Waals surface area (Å²) in [6, 6.07) is 3.20. The topological polar surface area (TPSA) is 104 Å². The van der Waals surface area contributed by atoms with Crippen LogP contribution in [0.5, 0.6) is 5.75 Å². The van der Waals surface area contributed by atoms with Gasteiger partial charge in [-0.3, -0.25) is 14.5 Å². The van der Waals surface area contributed by atoms with Crippen LogP contribution in [-0.2, 0) is 11.2 Å². The highest BCUT2D eigenvalue weighted by molar-refractivity contribution is 5.96. The molecule has 6 nitrogen and oxygen atoms in total. The van der Waals surface area contributed by atoms with Crippen molar-refractivity contribution < 1.29 is 19.8 Å². The molecule has 1 aromatic rings. The summed E-state index contributed by atoms with van der Waals surface area (Å²) in [6.07, 6.45) is 2.50. The Labute approximate surface area is 160 Å². The van der Waals surface area contributed by atoms with E-state index in [9.17, 15) is 19.8 Å². The number of ketones is 1. The van der Waals surface area contributed by atoms with Crippen LogP contribution in [0.4, 0.5) is 0 Å². The van der Waals surface area contributed by atoms with E-state index in [4.69, 9.17) is 5.73 Å². The van der Waals surface area contributed by atoms with Crippen LogP contribution in [0.3, 0.4) is 0 Å². The predicted octanol–water partition coefficient (Wildman–Crippen LogP) is 1.96. The highest BCUT2D eigenvalue weighted by atomic mass is 16.3. The number of benzene rings is 1. The first-order valence-electron chi connectivity index (χ1n) is 9.77. The van der Waals surface area contributed by atoms with Crippen LogP contribution in [-0.4, -0.2) is 52.0 Å². The molecule has 0 aliphatic heterocycles. The number of carbonyl (C=O) groups is 2. The average Bonchev–Trinajstić information content (AvgIpc) is 2.61. The zero-order valence-corrected chi connectivity index (χ0v) is 16.4. The first-order chi connectivity index (χ1) is 12.7. The maximum absolute atomic E-state index is 12.2. The predicted molar refractivity (Wildman–Crippen MR) is 103 cm³/mol. The van der Waals surface area contributed by atoms with Crippen LogP contribution in [0, 0.1) is 5.92 Å². The third-order valence-electron chi connectivity index (χ3n) is 6.58. The molecule has 6 heteroatoms. The van der Waals surface area contributed by atoms with Crippen molar-refractivity contribution in [3.05, 3.63) is 28.8 Å². The summed E-state index contributed by atoms with van der Waals surface area (Å²) in [4.78, 5) is 26.1. The standard InChI is InChI=1S/C21H30N2O4/c1-4-12(2)11-23(3)17-9-13-5-6-15(20(22)26)19(25)18(13)16-10-14(24)7-8-21(16,17)27/h5-6,12,16-17,25,27H,4,7-11H2,1-3H3,(H2,22,26)/t12?,16?,17-,21+/m1/s1. The molecule has 0 bridgehead atoms. The zero-order chi connectivity index (χ0) is 19.9. The Morgan fingerprint density at radius 2 is 2.11 bits per heavy atom. The van der Waals surface area contributed by atoms with Gasteiger partial charge >= 0.3 is 0 Å². The number of Topliss-reactive ketones (excluding diaryl/α,β-unsaturated/α-hetero) is 1. The van der Waals surface area contributed by atoms with Crippen molar-refractivity contribution in [2.75, 3.05) is 13.6 Å². The number of fused-ring (bicyclic) bond motifs is 3. The number of rotatable bonds is 5. The maximum Gasteiger partial charge on any atom is 0.252 e. The van der Waals surface area contributed by atoms with E-state index in [2.05, 4.69) is 18.7 Å². The quantitative estimate of drug-likeness (QED) is 0.731. The van der Waals surface area contributed by atoms with Crippen LogP contribution < -0.4 is 5.73 Å². The Kier molecular flexibility index (Phi) is 5.32. The van der Waals surface area contributed by atoms with Gasteiger partial charge in [0.1, 0.15) is 11.5 Å². The second kappa shape index (κ2) is 7.24. The Balaban J connectivity index is 2.09. The van der Waals surface area contributed by atoms with Crippen molar-refractivity contribution in [3.8, 4) is 5.75 Å². The van der Waals surface area contributed by atoms with Gasteiger partial charge < -0.3 is 15.9 Å². The maximum atomic E-state index is 12.2. The molecule has 148 valence electrons. The molecule has 1 fully saturated rings. The van der Waals surface area contributed by atoms with E-state index >= 15 is 0 Å². The zero-order valence-electron chi connectivity index (χ0n) is 16.4.